The molecule has 0 aromatic heterocycles. The lowest BCUT2D eigenvalue weighted by Gasteiger charge is -2.25. The summed E-state index contributed by atoms with van der Waals surface area (Å²) in [5, 5.41) is 3.36. The summed E-state index contributed by atoms with van der Waals surface area (Å²) in [5.74, 6) is 0.723. The Bertz CT molecular complexity index is 310. The lowest BCUT2D eigenvalue weighted by Crippen LogP contribution is -2.41. The number of piperidine rings is 1. The highest BCUT2D eigenvalue weighted by Gasteiger charge is 2.19. The van der Waals surface area contributed by atoms with Gasteiger partial charge in [0.25, 0.3) is 0 Å². The summed E-state index contributed by atoms with van der Waals surface area (Å²) < 4.78 is 0. The molecule has 1 N–H and O–H groups in total. The molecule has 0 aromatic carbocycles. The number of amides is 2. The Morgan fingerprint density at radius 3 is 2.45 bits per heavy atom. The van der Waals surface area contributed by atoms with Gasteiger partial charge >= 0.3 is 0 Å². The van der Waals surface area contributed by atoms with Gasteiger partial charge in [-0.3, -0.25) is 9.59 Å². The molecule has 1 heterocycles. The van der Waals surface area contributed by atoms with Gasteiger partial charge in [0.1, 0.15) is 0 Å². The number of hydrogen-bond acceptors (Lipinski definition) is 3. The lowest BCUT2D eigenvalue weighted by atomic mass is 9.94. The normalized spacial score (nSPS) is 18.6. The minimum absolute atomic E-state index is 0.0326. The average Bonchev–Trinajstić information content (AvgIpc) is 2.47. The van der Waals surface area contributed by atoms with Crippen LogP contribution in [0.1, 0.15) is 39.5 Å². The van der Waals surface area contributed by atoms with Crippen molar-refractivity contribution in [3.05, 3.63) is 0 Å². The number of nitrogens with zero attached hydrogens (tertiary/aromatic N) is 2. The molecule has 0 radical (unpaired) electrons. The molecule has 1 fully saturated rings. The zero-order valence-corrected chi connectivity index (χ0v) is 13.2. The van der Waals surface area contributed by atoms with Gasteiger partial charge < -0.3 is 15.1 Å². The van der Waals surface area contributed by atoms with E-state index in [4.69, 9.17) is 0 Å². The van der Waals surface area contributed by atoms with Gasteiger partial charge in [-0.1, -0.05) is 0 Å². The van der Waals surface area contributed by atoms with Crippen LogP contribution in [0.3, 0.4) is 0 Å². The van der Waals surface area contributed by atoms with Gasteiger partial charge in [0.15, 0.2) is 0 Å². The summed E-state index contributed by atoms with van der Waals surface area (Å²) >= 11 is 0. The van der Waals surface area contributed by atoms with E-state index in [1.807, 2.05) is 13.8 Å². The topological polar surface area (TPSA) is 52.7 Å². The summed E-state index contributed by atoms with van der Waals surface area (Å²) in [4.78, 5) is 27.3. The summed E-state index contributed by atoms with van der Waals surface area (Å²) in [6, 6.07) is 0. The van der Waals surface area contributed by atoms with Gasteiger partial charge in [-0.25, -0.2) is 0 Å². The number of rotatable bonds is 7. The quantitative estimate of drug-likeness (QED) is 0.761. The van der Waals surface area contributed by atoms with Crippen molar-refractivity contribution in [2.24, 2.45) is 5.92 Å². The third-order valence-corrected chi connectivity index (χ3v) is 4.08. The first-order chi connectivity index (χ1) is 9.58. The van der Waals surface area contributed by atoms with Gasteiger partial charge in [0.05, 0.1) is 6.54 Å². The first-order valence-corrected chi connectivity index (χ1v) is 7.80. The molecule has 0 saturated carbocycles. The van der Waals surface area contributed by atoms with E-state index in [0.29, 0.717) is 25.4 Å². The Labute approximate surface area is 122 Å². The number of hydrogen-bond donors (Lipinski definition) is 1. The van der Waals surface area contributed by atoms with Gasteiger partial charge in [-0.15, -0.1) is 0 Å². The molecule has 5 heteroatoms. The molecular formula is C15H29N3O2. The van der Waals surface area contributed by atoms with Crippen LogP contribution >= 0.6 is 0 Å². The van der Waals surface area contributed by atoms with Crippen LogP contribution in [0.25, 0.3) is 0 Å². The molecule has 1 rings (SSSR count). The SMILES string of the molecule is CCN(CC)C(=O)CN(C)C(=O)CCC1CCCNC1. The summed E-state index contributed by atoms with van der Waals surface area (Å²) in [5.41, 5.74) is 0. The van der Waals surface area contributed by atoms with Gasteiger partial charge in [-0.2, -0.15) is 0 Å². The smallest absolute Gasteiger partial charge is 0.242 e. The molecule has 0 aromatic rings. The molecule has 1 aliphatic heterocycles. The predicted octanol–water partition coefficient (Wildman–Crippen LogP) is 1.09. The number of carbonyl (C=O) groups excluding carboxylic acids is 2. The average molecular weight is 283 g/mol. The predicted molar refractivity (Wildman–Crippen MR) is 80.4 cm³/mol. The van der Waals surface area contributed by atoms with E-state index >= 15 is 0 Å². The van der Waals surface area contributed by atoms with Crippen LogP contribution in [0.5, 0.6) is 0 Å². The molecule has 0 spiro atoms. The van der Waals surface area contributed by atoms with Crippen LogP contribution in [0, 0.1) is 5.92 Å². The first kappa shape index (κ1) is 17.0. The Balaban J connectivity index is 2.29. The van der Waals surface area contributed by atoms with Crippen molar-refractivity contribution >= 4 is 11.8 Å². The monoisotopic (exact) mass is 283 g/mol. The molecule has 1 saturated heterocycles. The molecule has 1 aliphatic rings. The van der Waals surface area contributed by atoms with E-state index in [2.05, 4.69) is 5.32 Å². The van der Waals surface area contributed by atoms with E-state index in [1.54, 1.807) is 16.8 Å². The fraction of sp³-hybridized carbons (Fsp3) is 0.867. The summed E-state index contributed by atoms with van der Waals surface area (Å²) in [6.45, 7) is 7.64. The maximum absolute atomic E-state index is 12.1. The largest absolute Gasteiger partial charge is 0.342 e. The highest BCUT2D eigenvalue weighted by molar-refractivity contribution is 5.84. The summed E-state index contributed by atoms with van der Waals surface area (Å²) in [7, 11) is 1.73. The van der Waals surface area contributed by atoms with Crippen molar-refractivity contribution < 1.29 is 9.59 Å². The third kappa shape index (κ3) is 5.49. The van der Waals surface area contributed by atoms with Crippen molar-refractivity contribution in [3.63, 3.8) is 0 Å². The molecule has 0 bridgehead atoms. The molecule has 20 heavy (non-hydrogen) atoms. The molecule has 1 atom stereocenters. The van der Waals surface area contributed by atoms with E-state index in [1.165, 1.54) is 12.8 Å². The molecule has 1 unspecified atom stereocenters. The van der Waals surface area contributed by atoms with Crippen molar-refractivity contribution in [1.82, 2.24) is 15.1 Å². The summed E-state index contributed by atoms with van der Waals surface area (Å²) in [6.07, 6.45) is 3.89. The fourth-order valence-corrected chi connectivity index (χ4v) is 2.66. The van der Waals surface area contributed by atoms with Gasteiger partial charge in [0, 0.05) is 26.6 Å². The minimum atomic E-state index is 0.0326. The fourth-order valence-electron chi connectivity index (χ4n) is 2.66. The van der Waals surface area contributed by atoms with Crippen LogP contribution in [-0.4, -0.2) is 61.4 Å². The van der Waals surface area contributed by atoms with Crippen LogP contribution in [0.15, 0.2) is 0 Å². The van der Waals surface area contributed by atoms with E-state index in [-0.39, 0.29) is 18.4 Å². The number of carbonyl (C=O) groups is 2. The Hall–Kier alpha value is -1.10. The number of likely N-dealkylation sites (N-methyl/N-ethyl adjacent to an activating group) is 2. The molecule has 5 nitrogen and oxygen atoms in total. The molecule has 116 valence electrons. The minimum Gasteiger partial charge on any atom is -0.342 e. The molecular weight excluding hydrogens is 254 g/mol. The van der Waals surface area contributed by atoms with Gasteiger partial charge in [-0.05, 0) is 52.1 Å². The van der Waals surface area contributed by atoms with Crippen molar-refractivity contribution in [1.29, 1.82) is 0 Å². The Kier molecular flexibility index (Phi) is 7.59. The zero-order chi connectivity index (χ0) is 15.0. The highest BCUT2D eigenvalue weighted by atomic mass is 16.2. The van der Waals surface area contributed by atoms with Crippen LogP contribution in [-0.2, 0) is 9.59 Å². The Morgan fingerprint density at radius 2 is 1.90 bits per heavy atom. The Morgan fingerprint density at radius 1 is 1.20 bits per heavy atom. The van der Waals surface area contributed by atoms with Crippen molar-refractivity contribution in [2.45, 2.75) is 39.5 Å². The zero-order valence-electron chi connectivity index (χ0n) is 13.2. The van der Waals surface area contributed by atoms with E-state index in [0.717, 1.165) is 19.5 Å². The van der Waals surface area contributed by atoms with E-state index < -0.39 is 0 Å². The molecule has 0 aliphatic carbocycles. The first-order valence-electron chi connectivity index (χ1n) is 7.80. The second kappa shape index (κ2) is 8.95. The second-order valence-electron chi connectivity index (χ2n) is 5.57. The van der Waals surface area contributed by atoms with Crippen LogP contribution < -0.4 is 5.32 Å². The van der Waals surface area contributed by atoms with Crippen molar-refractivity contribution in [3.8, 4) is 0 Å². The standard InChI is InChI=1S/C15H29N3O2/c1-4-18(5-2)15(20)12-17(3)14(19)9-8-13-7-6-10-16-11-13/h13,16H,4-12H2,1-3H3. The maximum atomic E-state index is 12.1. The highest BCUT2D eigenvalue weighted by Crippen LogP contribution is 2.16. The van der Waals surface area contributed by atoms with Crippen LogP contribution in [0.2, 0.25) is 0 Å². The van der Waals surface area contributed by atoms with Crippen LogP contribution in [0.4, 0.5) is 0 Å². The lowest BCUT2D eigenvalue weighted by molar-refractivity contribution is -0.139. The number of nitrogens with one attached hydrogen (secondary N) is 1. The third-order valence-electron chi connectivity index (χ3n) is 4.08. The molecule has 2 amide bonds. The maximum Gasteiger partial charge on any atom is 0.242 e. The van der Waals surface area contributed by atoms with E-state index in [9.17, 15) is 9.59 Å². The second-order valence-corrected chi connectivity index (χ2v) is 5.57. The van der Waals surface area contributed by atoms with Crippen molar-refractivity contribution in [2.75, 3.05) is 39.8 Å². The van der Waals surface area contributed by atoms with Gasteiger partial charge in [0.2, 0.25) is 11.8 Å².